The zero-order valence-electron chi connectivity index (χ0n) is 10.2. The number of piperazine rings is 1. The van der Waals surface area contributed by atoms with Crippen LogP contribution in [0.15, 0.2) is 18.2 Å². The number of hydrogen-bond donors (Lipinski definition) is 1. The van der Waals surface area contributed by atoms with Crippen molar-refractivity contribution < 1.29 is 4.79 Å². The number of aryl methyl sites for hydroxylation is 1. The molecule has 2 aliphatic heterocycles. The number of likely N-dealkylation sites (N-methyl/N-ethyl adjacent to an activating group) is 1. The summed E-state index contributed by atoms with van der Waals surface area (Å²) in [5.41, 5.74) is 3.50. The molecule has 1 saturated heterocycles. The molecule has 1 fully saturated rings. The van der Waals surface area contributed by atoms with Crippen LogP contribution in [0.2, 0.25) is 0 Å². The van der Waals surface area contributed by atoms with Crippen molar-refractivity contribution in [3.8, 4) is 0 Å². The predicted octanol–water partition coefficient (Wildman–Crippen LogP) is 0.750. The molecule has 1 aromatic carbocycles. The van der Waals surface area contributed by atoms with Crippen LogP contribution in [0.25, 0.3) is 0 Å². The van der Waals surface area contributed by atoms with Gasteiger partial charge >= 0.3 is 0 Å². The van der Waals surface area contributed by atoms with Crippen LogP contribution in [0.4, 0.5) is 11.4 Å². The summed E-state index contributed by atoms with van der Waals surface area (Å²) in [7, 11) is 1.87. The maximum atomic E-state index is 12.3. The third kappa shape index (κ3) is 1.44. The average Bonchev–Trinajstić information content (AvgIpc) is 2.36. The molecule has 2 heterocycles. The van der Waals surface area contributed by atoms with Gasteiger partial charge in [0.25, 0.3) is 5.91 Å². The molecule has 0 aromatic heterocycles. The highest BCUT2D eigenvalue weighted by Gasteiger charge is 2.38. The number of hydrogen-bond acceptors (Lipinski definition) is 3. The smallest absolute Gasteiger partial charge is 0.250 e. The molecule has 1 amide bonds. The molecule has 4 heteroatoms. The van der Waals surface area contributed by atoms with Crippen LogP contribution in [0.3, 0.4) is 0 Å². The SMILES string of the molecule is Cc1cccc2c1N1CCNCC1C(=O)N2C. The standard InChI is InChI=1S/C13H17N3O/c1-9-4-3-5-10-12(9)16-7-6-14-8-11(16)13(17)15(10)2/h3-5,11,14H,6-8H2,1-2H3. The topological polar surface area (TPSA) is 35.6 Å². The molecule has 3 rings (SSSR count). The van der Waals surface area contributed by atoms with Gasteiger partial charge in [-0.2, -0.15) is 0 Å². The Morgan fingerprint density at radius 2 is 2.24 bits per heavy atom. The first-order chi connectivity index (χ1) is 8.20. The maximum absolute atomic E-state index is 12.3. The van der Waals surface area contributed by atoms with Gasteiger partial charge in [0.15, 0.2) is 0 Å². The number of rotatable bonds is 0. The van der Waals surface area contributed by atoms with Gasteiger partial charge in [-0.1, -0.05) is 12.1 Å². The number of para-hydroxylation sites is 1. The second-order valence-corrected chi connectivity index (χ2v) is 4.75. The number of fused-ring (bicyclic) bond motifs is 3. The predicted molar refractivity (Wildman–Crippen MR) is 68.6 cm³/mol. The van der Waals surface area contributed by atoms with E-state index in [9.17, 15) is 4.79 Å². The first-order valence-corrected chi connectivity index (χ1v) is 6.04. The molecule has 1 unspecified atom stereocenters. The molecule has 2 aliphatic rings. The van der Waals surface area contributed by atoms with Gasteiger partial charge in [-0.15, -0.1) is 0 Å². The van der Waals surface area contributed by atoms with E-state index < -0.39 is 0 Å². The second-order valence-electron chi connectivity index (χ2n) is 4.75. The quantitative estimate of drug-likeness (QED) is 0.715. The van der Waals surface area contributed by atoms with Crippen molar-refractivity contribution in [1.82, 2.24) is 5.32 Å². The van der Waals surface area contributed by atoms with Gasteiger partial charge in [-0.3, -0.25) is 4.79 Å². The minimum absolute atomic E-state index is 0.0395. The fourth-order valence-electron chi connectivity index (χ4n) is 2.82. The van der Waals surface area contributed by atoms with Gasteiger partial charge in [-0.25, -0.2) is 0 Å². The summed E-state index contributed by atoms with van der Waals surface area (Å²) < 4.78 is 0. The van der Waals surface area contributed by atoms with Gasteiger partial charge in [0, 0.05) is 26.7 Å². The summed E-state index contributed by atoms with van der Waals surface area (Å²) in [6, 6.07) is 6.11. The summed E-state index contributed by atoms with van der Waals surface area (Å²) in [6.45, 7) is 4.71. The Kier molecular flexibility index (Phi) is 2.33. The normalized spacial score (nSPS) is 23.4. The zero-order chi connectivity index (χ0) is 12.0. The first-order valence-electron chi connectivity index (χ1n) is 6.04. The lowest BCUT2D eigenvalue weighted by Crippen LogP contribution is -2.61. The van der Waals surface area contributed by atoms with Crippen LogP contribution in [0.1, 0.15) is 5.56 Å². The summed E-state index contributed by atoms with van der Waals surface area (Å²) >= 11 is 0. The molecule has 4 nitrogen and oxygen atoms in total. The van der Waals surface area contributed by atoms with Crippen LogP contribution in [-0.4, -0.2) is 38.6 Å². The highest BCUT2D eigenvalue weighted by Crippen LogP contribution is 2.38. The highest BCUT2D eigenvalue weighted by molar-refractivity contribution is 6.06. The summed E-state index contributed by atoms with van der Waals surface area (Å²) in [6.07, 6.45) is 0. The number of carbonyl (C=O) groups excluding carboxylic acids is 1. The summed E-state index contributed by atoms with van der Waals surface area (Å²) in [5, 5.41) is 3.30. The first kappa shape index (κ1) is 10.6. The Bertz CT molecular complexity index is 472. The van der Waals surface area contributed by atoms with Crippen molar-refractivity contribution >= 4 is 17.3 Å². The van der Waals surface area contributed by atoms with Crippen molar-refractivity contribution in [3.05, 3.63) is 23.8 Å². The van der Waals surface area contributed by atoms with E-state index in [1.165, 1.54) is 11.3 Å². The number of nitrogens with zero attached hydrogens (tertiary/aromatic N) is 2. The monoisotopic (exact) mass is 231 g/mol. The third-order valence-electron chi connectivity index (χ3n) is 3.72. The van der Waals surface area contributed by atoms with Crippen molar-refractivity contribution in [2.24, 2.45) is 0 Å². The average molecular weight is 231 g/mol. The Morgan fingerprint density at radius 3 is 3.06 bits per heavy atom. The molecule has 0 bridgehead atoms. The highest BCUT2D eigenvalue weighted by atomic mass is 16.2. The van der Waals surface area contributed by atoms with Crippen LogP contribution < -0.4 is 15.1 Å². The van der Waals surface area contributed by atoms with E-state index in [2.05, 4.69) is 23.2 Å². The molecule has 90 valence electrons. The molecular weight excluding hydrogens is 214 g/mol. The molecule has 0 spiro atoms. The molecule has 1 aromatic rings. The second kappa shape index (κ2) is 3.74. The van der Waals surface area contributed by atoms with Crippen LogP contribution in [0.5, 0.6) is 0 Å². The lowest BCUT2D eigenvalue weighted by Gasteiger charge is -2.45. The molecular formula is C13H17N3O. The number of nitrogens with one attached hydrogen (secondary N) is 1. The van der Waals surface area contributed by atoms with Crippen LogP contribution in [0, 0.1) is 6.92 Å². The van der Waals surface area contributed by atoms with Gasteiger partial charge in [0.1, 0.15) is 6.04 Å². The Balaban J connectivity index is 2.16. The van der Waals surface area contributed by atoms with Gasteiger partial charge < -0.3 is 15.1 Å². The van der Waals surface area contributed by atoms with Crippen molar-refractivity contribution in [2.45, 2.75) is 13.0 Å². The maximum Gasteiger partial charge on any atom is 0.250 e. The fraction of sp³-hybridized carbons (Fsp3) is 0.462. The number of anilines is 2. The van der Waals surface area contributed by atoms with Crippen molar-refractivity contribution in [2.75, 3.05) is 36.5 Å². The minimum Gasteiger partial charge on any atom is -0.355 e. The zero-order valence-corrected chi connectivity index (χ0v) is 10.2. The Hall–Kier alpha value is -1.55. The Labute approximate surface area is 101 Å². The molecule has 0 aliphatic carbocycles. The molecule has 17 heavy (non-hydrogen) atoms. The third-order valence-corrected chi connectivity index (χ3v) is 3.72. The fourth-order valence-corrected chi connectivity index (χ4v) is 2.82. The number of amides is 1. The molecule has 0 saturated carbocycles. The van der Waals surface area contributed by atoms with Crippen molar-refractivity contribution in [3.63, 3.8) is 0 Å². The van der Waals surface area contributed by atoms with Gasteiger partial charge in [0.2, 0.25) is 0 Å². The number of carbonyl (C=O) groups is 1. The van der Waals surface area contributed by atoms with Gasteiger partial charge in [-0.05, 0) is 18.6 Å². The minimum atomic E-state index is -0.0395. The van der Waals surface area contributed by atoms with E-state index in [0.29, 0.717) is 0 Å². The van der Waals surface area contributed by atoms with Crippen LogP contribution in [-0.2, 0) is 4.79 Å². The Morgan fingerprint density at radius 1 is 1.41 bits per heavy atom. The lowest BCUT2D eigenvalue weighted by molar-refractivity contribution is -0.120. The summed E-state index contributed by atoms with van der Waals surface area (Å²) in [5.74, 6) is 0.190. The lowest BCUT2D eigenvalue weighted by atomic mass is 10.0. The molecule has 0 radical (unpaired) electrons. The number of benzene rings is 1. The molecule has 1 atom stereocenters. The molecule has 1 N–H and O–H groups in total. The van der Waals surface area contributed by atoms with Gasteiger partial charge in [0.05, 0.1) is 11.4 Å². The van der Waals surface area contributed by atoms with E-state index in [1.807, 2.05) is 19.2 Å². The van der Waals surface area contributed by atoms with Crippen molar-refractivity contribution in [1.29, 1.82) is 0 Å². The van der Waals surface area contributed by atoms with E-state index in [-0.39, 0.29) is 11.9 Å². The van der Waals surface area contributed by atoms with E-state index in [0.717, 1.165) is 25.3 Å². The van der Waals surface area contributed by atoms with Crippen LogP contribution >= 0.6 is 0 Å². The van der Waals surface area contributed by atoms with E-state index in [1.54, 1.807) is 4.90 Å². The van der Waals surface area contributed by atoms with E-state index >= 15 is 0 Å². The summed E-state index contributed by atoms with van der Waals surface area (Å²) in [4.78, 5) is 16.3. The largest absolute Gasteiger partial charge is 0.355 e. The van der Waals surface area contributed by atoms with E-state index in [4.69, 9.17) is 0 Å².